The number of hydrogen-bond acceptors (Lipinski definition) is 2. The molecule has 1 aromatic rings. The first-order valence-corrected chi connectivity index (χ1v) is 7.74. The number of benzene rings is 1. The van der Waals surface area contributed by atoms with E-state index in [1.807, 2.05) is 13.0 Å². The maximum atomic E-state index is 11.8. The number of amides is 1. The molecule has 112 valence electrons. The molecular formula is C18H24N2O. The van der Waals surface area contributed by atoms with Crippen LogP contribution in [-0.2, 0) is 4.79 Å². The molecular weight excluding hydrogens is 260 g/mol. The molecule has 0 spiro atoms. The second kappa shape index (κ2) is 7.28. The van der Waals surface area contributed by atoms with Crippen molar-refractivity contribution in [2.75, 3.05) is 13.1 Å². The largest absolute Gasteiger partial charge is 0.296 e. The predicted molar refractivity (Wildman–Crippen MR) is 85.4 cm³/mol. The first-order chi connectivity index (χ1) is 10.2. The molecule has 1 saturated heterocycles. The first-order valence-electron chi connectivity index (χ1n) is 7.74. The summed E-state index contributed by atoms with van der Waals surface area (Å²) in [6.45, 7) is 6.07. The monoisotopic (exact) mass is 284 g/mol. The predicted octanol–water partition coefficient (Wildman–Crippen LogP) is 3.04. The quantitative estimate of drug-likeness (QED) is 0.627. The summed E-state index contributed by atoms with van der Waals surface area (Å²) in [5, 5.41) is 0. The minimum Gasteiger partial charge on any atom is -0.296 e. The van der Waals surface area contributed by atoms with Gasteiger partial charge in [-0.15, -0.1) is 0 Å². The molecule has 1 atom stereocenters. The van der Waals surface area contributed by atoms with Gasteiger partial charge < -0.3 is 0 Å². The van der Waals surface area contributed by atoms with E-state index in [1.165, 1.54) is 5.56 Å². The van der Waals surface area contributed by atoms with Crippen molar-refractivity contribution < 1.29 is 4.79 Å². The topological polar surface area (TPSA) is 23.6 Å². The van der Waals surface area contributed by atoms with Crippen LogP contribution >= 0.6 is 0 Å². The normalized spacial score (nSPS) is 18.0. The van der Waals surface area contributed by atoms with Crippen LogP contribution in [0.5, 0.6) is 0 Å². The SMILES string of the molecule is C#CN(C(=O)CC)C1CCN(C(C)c2ccccc2)CC1. The number of terminal acetylenes is 1. The van der Waals surface area contributed by atoms with E-state index in [0.717, 1.165) is 25.9 Å². The Bertz CT molecular complexity index is 498. The molecule has 1 unspecified atom stereocenters. The van der Waals surface area contributed by atoms with E-state index in [2.05, 4.69) is 42.1 Å². The van der Waals surface area contributed by atoms with Crippen molar-refractivity contribution in [3.63, 3.8) is 0 Å². The molecule has 1 fully saturated rings. The van der Waals surface area contributed by atoms with Crippen molar-refractivity contribution in [1.82, 2.24) is 9.80 Å². The minimum absolute atomic E-state index is 0.0621. The number of nitrogens with zero attached hydrogens (tertiary/aromatic N) is 2. The molecule has 1 aliphatic rings. The van der Waals surface area contributed by atoms with Gasteiger partial charge in [-0.1, -0.05) is 43.7 Å². The Morgan fingerprint density at radius 2 is 2.00 bits per heavy atom. The molecule has 0 aliphatic carbocycles. The molecule has 3 nitrogen and oxygen atoms in total. The molecule has 0 radical (unpaired) electrons. The summed E-state index contributed by atoms with van der Waals surface area (Å²) in [7, 11) is 0. The van der Waals surface area contributed by atoms with Crippen molar-refractivity contribution >= 4 is 5.91 Å². The smallest absolute Gasteiger partial charge is 0.234 e. The number of hydrogen-bond donors (Lipinski definition) is 0. The summed E-state index contributed by atoms with van der Waals surface area (Å²) in [6.07, 6.45) is 7.89. The number of carbonyl (C=O) groups is 1. The van der Waals surface area contributed by atoms with Crippen molar-refractivity contribution in [1.29, 1.82) is 0 Å². The molecule has 1 amide bonds. The van der Waals surface area contributed by atoms with Crippen molar-refractivity contribution in [2.24, 2.45) is 0 Å². The third-order valence-corrected chi connectivity index (χ3v) is 4.40. The van der Waals surface area contributed by atoms with Gasteiger partial charge in [0.1, 0.15) is 0 Å². The van der Waals surface area contributed by atoms with Gasteiger partial charge in [-0.2, -0.15) is 0 Å². The maximum absolute atomic E-state index is 11.8. The molecule has 0 bridgehead atoms. The van der Waals surface area contributed by atoms with E-state index < -0.39 is 0 Å². The Hall–Kier alpha value is -1.79. The van der Waals surface area contributed by atoms with E-state index in [9.17, 15) is 4.79 Å². The van der Waals surface area contributed by atoms with E-state index in [0.29, 0.717) is 12.5 Å². The van der Waals surface area contributed by atoms with E-state index >= 15 is 0 Å². The fourth-order valence-electron chi connectivity index (χ4n) is 3.03. The number of piperidine rings is 1. The molecule has 21 heavy (non-hydrogen) atoms. The third-order valence-electron chi connectivity index (χ3n) is 4.40. The van der Waals surface area contributed by atoms with Crippen LogP contribution in [0.3, 0.4) is 0 Å². The van der Waals surface area contributed by atoms with Crippen molar-refractivity contribution in [3.05, 3.63) is 35.9 Å². The lowest BCUT2D eigenvalue weighted by Crippen LogP contribution is -2.45. The van der Waals surface area contributed by atoms with Gasteiger partial charge in [0.15, 0.2) is 0 Å². The van der Waals surface area contributed by atoms with E-state index in [-0.39, 0.29) is 11.9 Å². The highest BCUT2D eigenvalue weighted by molar-refractivity contribution is 5.78. The lowest BCUT2D eigenvalue weighted by molar-refractivity contribution is -0.130. The number of likely N-dealkylation sites (tertiary alicyclic amines) is 1. The fraction of sp³-hybridized carbons (Fsp3) is 0.500. The van der Waals surface area contributed by atoms with Gasteiger partial charge in [0.2, 0.25) is 5.91 Å². The standard InChI is InChI=1S/C18H24N2O/c1-4-18(21)20(5-2)17-11-13-19(14-12-17)15(3)16-9-7-6-8-10-16/h2,6-10,15,17H,4,11-14H2,1,3H3. The summed E-state index contributed by atoms with van der Waals surface area (Å²) >= 11 is 0. The Morgan fingerprint density at radius 3 is 2.52 bits per heavy atom. The summed E-state index contributed by atoms with van der Waals surface area (Å²) in [6, 6.07) is 13.7. The molecule has 0 saturated carbocycles. The highest BCUT2D eigenvalue weighted by Crippen LogP contribution is 2.25. The molecule has 1 heterocycles. The van der Waals surface area contributed by atoms with Gasteiger partial charge in [0.05, 0.1) is 0 Å². The summed E-state index contributed by atoms with van der Waals surface area (Å²) in [5.74, 6) is 0.0621. The maximum Gasteiger partial charge on any atom is 0.234 e. The Morgan fingerprint density at radius 1 is 1.38 bits per heavy atom. The van der Waals surface area contributed by atoms with Crippen LogP contribution in [0, 0.1) is 12.5 Å². The average molecular weight is 284 g/mol. The van der Waals surface area contributed by atoms with Crippen LogP contribution in [-0.4, -0.2) is 34.8 Å². The second-order valence-corrected chi connectivity index (χ2v) is 5.60. The van der Waals surface area contributed by atoms with Gasteiger partial charge in [0.25, 0.3) is 0 Å². The van der Waals surface area contributed by atoms with Gasteiger partial charge in [-0.25, -0.2) is 0 Å². The Kier molecular flexibility index (Phi) is 5.41. The van der Waals surface area contributed by atoms with Crippen LogP contribution in [0.15, 0.2) is 30.3 Å². The van der Waals surface area contributed by atoms with Gasteiger partial charge in [0, 0.05) is 37.6 Å². The molecule has 3 heteroatoms. The fourth-order valence-corrected chi connectivity index (χ4v) is 3.03. The van der Waals surface area contributed by atoms with Gasteiger partial charge >= 0.3 is 0 Å². The average Bonchev–Trinajstić information content (AvgIpc) is 2.56. The zero-order chi connectivity index (χ0) is 15.2. The zero-order valence-electron chi connectivity index (χ0n) is 13.0. The lowest BCUT2D eigenvalue weighted by atomic mass is 9.99. The van der Waals surface area contributed by atoms with Gasteiger partial charge in [-0.3, -0.25) is 14.6 Å². The van der Waals surface area contributed by atoms with Crippen LogP contribution in [0.2, 0.25) is 0 Å². The summed E-state index contributed by atoms with van der Waals surface area (Å²) in [4.78, 5) is 15.9. The molecule has 0 aromatic heterocycles. The molecule has 1 aliphatic heterocycles. The summed E-state index contributed by atoms with van der Waals surface area (Å²) < 4.78 is 0. The van der Waals surface area contributed by atoms with Crippen LogP contribution < -0.4 is 0 Å². The Balaban J connectivity index is 1.94. The molecule has 0 N–H and O–H groups in total. The third kappa shape index (κ3) is 3.65. The van der Waals surface area contributed by atoms with Crippen molar-refractivity contribution in [2.45, 2.75) is 45.2 Å². The second-order valence-electron chi connectivity index (χ2n) is 5.60. The van der Waals surface area contributed by atoms with Crippen LogP contribution in [0.1, 0.15) is 44.7 Å². The zero-order valence-corrected chi connectivity index (χ0v) is 13.0. The van der Waals surface area contributed by atoms with Crippen LogP contribution in [0.4, 0.5) is 0 Å². The van der Waals surface area contributed by atoms with Crippen LogP contribution in [0.25, 0.3) is 0 Å². The van der Waals surface area contributed by atoms with E-state index in [4.69, 9.17) is 6.42 Å². The first kappa shape index (κ1) is 15.6. The van der Waals surface area contributed by atoms with Gasteiger partial charge in [-0.05, 0) is 25.3 Å². The number of carbonyl (C=O) groups excluding carboxylic acids is 1. The lowest BCUT2D eigenvalue weighted by Gasteiger charge is -2.38. The highest BCUT2D eigenvalue weighted by Gasteiger charge is 2.28. The highest BCUT2D eigenvalue weighted by atomic mass is 16.2. The minimum atomic E-state index is 0.0621. The van der Waals surface area contributed by atoms with E-state index in [1.54, 1.807) is 4.90 Å². The Labute approximate surface area is 127 Å². The van der Waals surface area contributed by atoms with Crippen molar-refractivity contribution in [3.8, 4) is 12.5 Å². The molecule has 1 aromatic carbocycles. The number of rotatable bonds is 4. The summed E-state index contributed by atoms with van der Waals surface area (Å²) in [5.41, 5.74) is 1.34. The molecule has 2 rings (SSSR count).